The van der Waals surface area contributed by atoms with Gasteiger partial charge in [0.1, 0.15) is 0 Å². The van der Waals surface area contributed by atoms with E-state index >= 15 is 0 Å². The van der Waals surface area contributed by atoms with Crippen molar-refractivity contribution in [2.75, 3.05) is 36.4 Å². The number of nitrogens with one attached hydrogen (secondary N) is 1. The Morgan fingerprint density at radius 1 is 0.949 bits per heavy atom. The first-order chi connectivity index (χ1) is 18.6. The lowest BCUT2D eigenvalue weighted by Gasteiger charge is -2.36. The summed E-state index contributed by atoms with van der Waals surface area (Å²) in [5.41, 5.74) is 4.02. The molecule has 0 spiro atoms. The van der Waals surface area contributed by atoms with Gasteiger partial charge in [0.05, 0.1) is 11.0 Å². The predicted molar refractivity (Wildman–Crippen MR) is 150 cm³/mol. The van der Waals surface area contributed by atoms with Crippen LogP contribution in [0.2, 0.25) is 5.02 Å². The summed E-state index contributed by atoms with van der Waals surface area (Å²) in [6.45, 7) is 4.60. The Hall–Kier alpha value is -3.41. The number of rotatable bonds is 5. The standard InChI is InChI=1S/C25H23BrClN5.C2HF3O2/c26-19-8-10-21(11-9-19)28-24-25(30-23-7-2-1-6-22(23)29-24)32-14-12-31(13-15-32)17-18-4-3-5-20(27)16-18;3-2(4,5)1(6)7/h1-11,16H,12-15,17H2,(H,28,29);(H,6,7). The highest BCUT2D eigenvalue weighted by Gasteiger charge is 2.38. The van der Waals surface area contributed by atoms with Crippen LogP contribution in [-0.2, 0) is 11.3 Å². The monoisotopic (exact) mass is 621 g/mol. The van der Waals surface area contributed by atoms with Crippen molar-refractivity contribution in [3.63, 3.8) is 0 Å². The van der Waals surface area contributed by atoms with Crippen molar-refractivity contribution in [1.29, 1.82) is 0 Å². The normalized spacial score (nSPS) is 14.0. The molecule has 2 N–H and O–H groups in total. The van der Waals surface area contributed by atoms with Crippen molar-refractivity contribution in [2.24, 2.45) is 0 Å². The van der Waals surface area contributed by atoms with Crippen molar-refractivity contribution in [1.82, 2.24) is 14.9 Å². The Kier molecular flexibility index (Phi) is 9.26. The number of aromatic nitrogens is 2. The number of hydrogen-bond donors (Lipinski definition) is 2. The molecule has 0 radical (unpaired) electrons. The summed E-state index contributed by atoms with van der Waals surface area (Å²) in [6.07, 6.45) is -5.08. The van der Waals surface area contributed by atoms with Crippen molar-refractivity contribution < 1.29 is 23.1 Å². The highest BCUT2D eigenvalue weighted by atomic mass is 79.9. The zero-order valence-corrected chi connectivity index (χ0v) is 22.8. The fraction of sp³-hybridized carbons (Fsp3) is 0.222. The van der Waals surface area contributed by atoms with E-state index in [0.717, 1.165) is 70.6 Å². The number of hydrogen-bond acceptors (Lipinski definition) is 6. The molecule has 0 aliphatic carbocycles. The van der Waals surface area contributed by atoms with Gasteiger partial charge in [-0.25, -0.2) is 14.8 Å². The lowest BCUT2D eigenvalue weighted by molar-refractivity contribution is -0.192. The van der Waals surface area contributed by atoms with Gasteiger partial charge in [0.2, 0.25) is 0 Å². The van der Waals surface area contributed by atoms with Crippen molar-refractivity contribution in [2.45, 2.75) is 12.7 Å². The minimum Gasteiger partial charge on any atom is -0.475 e. The maximum atomic E-state index is 10.6. The minimum atomic E-state index is -5.08. The molecule has 39 heavy (non-hydrogen) atoms. The third-order valence-corrected chi connectivity index (χ3v) is 6.63. The highest BCUT2D eigenvalue weighted by Crippen LogP contribution is 2.29. The fourth-order valence-electron chi connectivity index (χ4n) is 3.98. The molecule has 7 nitrogen and oxygen atoms in total. The van der Waals surface area contributed by atoms with Gasteiger partial charge in [-0.05, 0) is 54.1 Å². The second-order valence-electron chi connectivity index (χ2n) is 8.71. The molecule has 0 unspecified atom stereocenters. The largest absolute Gasteiger partial charge is 0.490 e. The van der Waals surface area contributed by atoms with Crippen LogP contribution in [0.15, 0.2) is 77.3 Å². The first-order valence-electron chi connectivity index (χ1n) is 11.9. The summed E-state index contributed by atoms with van der Waals surface area (Å²) in [7, 11) is 0. The Morgan fingerprint density at radius 2 is 1.56 bits per heavy atom. The Morgan fingerprint density at radius 3 is 2.15 bits per heavy atom. The van der Waals surface area contributed by atoms with Gasteiger partial charge < -0.3 is 15.3 Å². The predicted octanol–water partition coefficient (Wildman–Crippen LogP) is 6.74. The van der Waals surface area contributed by atoms with Gasteiger partial charge in [0.25, 0.3) is 0 Å². The van der Waals surface area contributed by atoms with E-state index in [2.05, 4.69) is 37.1 Å². The molecule has 3 aromatic carbocycles. The van der Waals surface area contributed by atoms with Gasteiger partial charge in [0.15, 0.2) is 11.6 Å². The summed E-state index contributed by atoms with van der Waals surface area (Å²) >= 11 is 9.65. The zero-order chi connectivity index (χ0) is 28.0. The van der Waals surface area contributed by atoms with E-state index in [4.69, 9.17) is 31.5 Å². The van der Waals surface area contributed by atoms with Gasteiger partial charge >= 0.3 is 12.1 Å². The number of carboxylic acid groups (broad SMARTS) is 1. The quantitative estimate of drug-likeness (QED) is 0.255. The number of alkyl halides is 3. The van der Waals surface area contributed by atoms with Crippen LogP contribution in [0.5, 0.6) is 0 Å². The average Bonchev–Trinajstić information content (AvgIpc) is 2.90. The van der Waals surface area contributed by atoms with Crippen LogP contribution in [0.4, 0.5) is 30.5 Å². The molecule has 0 bridgehead atoms. The van der Waals surface area contributed by atoms with Crippen LogP contribution in [0.3, 0.4) is 0 Å². The lowest BCUT2D eigenvalue weighted by atomic mass is 10.2. The van der Waals surface area contributed by atoms with E-state index in [-0.39, 0.29) is 0 Å². The summed E-state index contributed by atoms with van der Waals surface area (Å²) in [4.78, 5) is 23.6. The molecule has 0 saturated carbocycles. The van der Waals surface area contributed by atoms with Crippen LogP contribution in [0.25, 0.3) is 11.0 Å². The Bertz CT molecular complexity index is 1430. The lowest BCUT2D eigenvalue weighted by Crippen LogP contribution is -2.46. The van der Waals surface area contributed by atoms with E-state index in [1.54, 1.807) is 0 Å². The number of aliphatic carboxylic acids is 1. The van der Waals surface area contributed by atoms with Gasteiger partial charge in [-0.15, -0.1) is 0 Å². The number of anilines is 3. The molecule has 1 saturated heterocycles. The molecule has 1 fully saturated rings. The molecule has 2 heterocycles. The average molecular weight is 623 g/mol. The second kappa shape index (κ2) is 12.6. The first kappa shape index (κ1) is 28.6. The molecule has 4 aromatic rings. The number of benzene rings is 3. The highest BCUT2D eigenvalue weighted by molar-refractivity contribution is 9.10. The molecule has 0 atom stereocenters. The van der Waals surface area contributed by atoms with Crippen LogP contribution < -0.4 is 10.2 Å². The summed E-state index contributed by atoms with van der Waals surface area (Å²) in [5, 5.41) is 11.4. The molecule has 1 aromatic heterocycles. The van der Waals surface area contributed by atoms with E-state index in [1.807, 2.05) is 66.7 Å². The van der Waals surface area contributed by atoms with Gasteiger partial charge in [-0.1, -0.05) is 51.8 Å². The molecular weight excluding hydrogens is 599 g/mol. The summed E-state index contributed by atoms with van der Waals surface area (Å²) < 4.78 is 32.8. The molecule has 1 aliphatic rings. The maximum Gasteiger partial charge on any atom is 0.490 e. The number of piperazine rings is 1. The molecular formula is C27H24BrClF3N5O2. The van der Waals surface area contributed by atoms with Crippen molar-refractivity contribution in [3.8, 4) is 0 Å². The molecule has 204 valence electrons. The summed E-state index contributed by atoms with van der Waals surface area (Å²) in [6, 6.07) is 24.2. The molecule has 12 heteroatoms. The molecule has 0 amide bonds. The Balaban J connectivity index is 0.000000448. The zero-order valence-electron chi connectivity index (χ0n) is 20.5. The van der Waals surface area contributed by atoms with E-state index in [0.29, 0.717) is 0 Å². The smallest absolute Gasteiger partial charge is 0.475 e. The number of fused-ring (bicyclic) bond motifs is 1. The minimum absolute atomic E-state index is 0.786. The fourth-order valence-corrected chi connectivity index (χ4v) is 4.45. The van der Waals surface area contributed by atoms with E-state index in [9.17, 15) is 13.2 Å². The number of para-hydroxylation sites is 2. The van der Waals surface area contributed by atoms with Crippen LogP contribution >= 0.6 is 27.5 Å². The topological polar surface area (TPSA) is 81.6 Å². The maximum absolute atomic E-state index is 10.6. The van der Waals surface area contributed by atoms with Crippen molar-refractivity contribution >= 4 is 61.9 Å². The number of carboxylic acids is 1. The Labute approximate surface area is 236 Å². The molecule has 1 aliphatic heterocycles. The van der Waals surface area contributed by atoms with Crippen LogP contribution in [-0.4, -0.2) is 58.3 Å². The van der Waals surface area contributed by atoms with E-state index < -0.39 is 12.1 Å². The second-order valence-corrected chi connectivity index (χ2v) is 10.1. The van der Waals surface area contributed by atoms with Crippen LogP contribution in [0.1, 0.15) is 5.56 Å². The first-order valence-corrected chi connectivity index (χ1v) is 13.1. The number of carbonyl (C=O) groups is 1. The number of halogens is 5. The van der Waals surface area contributed by atoms with Gasteiger partial charge in [-0.2, -0.15) is 13.2 Å². The van der Waals surface area contributed by atoms with Gasteiger partial charge in [0, 0.05) is 47.9 Å². The SMILES string of the molecule is Clc1cccc(CN2CCN(c3nc4ccccc4nc3Nc3ccc(Br)cc3)CC2)c1.O=C(O)C(F)(F)F. The van der Waals surface area contributed by atoms with Gasteiger partial charge in [-0.3, -0.25) is 4.90 Å². The third-order valence-electron chi connectivity index (χ3n) is 5.87. The van der Waals surface area contributed by atoms with Crippen LogP contribution in [0, 0.1) is 0 Å². The van der Waals surface area contributed by atoms with E-state index in [1.165, 1.54) is 5.56 Å². The van der Waals surface area contributed by atoms with Crippen molar-refractivity contribution in [3.05, 3.63) is 87.9 Å². The number of nitrogens with zero attached hydrogens (tertiary/aromatic N) is 4. The molecule has 5 rings (SSSR count). The third kappa shape index (κ3) is 8.04. The summed E-state index contributed by atoms with van der Waals surface area (Å²) in [5.74, 6) is -1.07.